The predicted octanol–water partition coefficient (Wildman–Crippen LogP) is 5.35. The Balaban J connectivity index is 1.73. The van der Waals surface area contributed by atoms with Crippen LogP contribution in [0.1, 0.15) is 70.3 Å². The van der Waals surface area contributed by atoms with Crippen molar-refractivity contribution < 1.29 is 0 Å². The highest BCUT2D eigenvalue weighted by Gasteiger charge is 2.16. The Morgan fingerprint density at radius 3 is 2.52 bits per heavy atom. The first-order chi connectivity index (χ1) is 10.4. The molecule has 0 heterocycles. The van der Waals surface area contributed by atoms with E-state index in [9.17, 15) is 0 Å². The molecule has 0 radical (unpaired) electrons. The Hall–Kier alpha value is -0.820. The summed E-state index contributed by atoms with van der Waals surface area (Å²) in [6.07, 6.45) is 14.0. The molecule has 118 valence electrons. The molecular formula is C20H33N. The Kier molecular flexibility index (Phi) is 7.88. The van der Waals surface area contributed by atoms with Crippen molar-refractivity contribution in [1.82, 2.24) is 5.32 Å². The average molecular weight is 287 g/mol. The highest BCUT2D eigenvalue weighted by Crippen LogP contribution is 2.28. The zero-order valence-corrected chi connectivity index (χ0v) is 13.8. The average Bonchev–Trinajstić information content (AvgIpc) is 2.56. The molecule has 1 aromatic carbocycles. The van der Waals surface area contributed by atoms with Crippen molar-refractivity contribution in [2.75, 3.05) is 6.54 Å². The van der Waals surface area contributed by atoms with E-state index >= 15 is 0 Å². The van der Waals surface area contributed by atoms with Gasteiger partial charge in [-0.1, -0.05) is 69.4 Å². The molecule has 0 amide bonds. The first-order valence-corrected chi connectivity index (χ1v) is 9.15. The molecule has 0 saturated heterocycles. The topological polar surface area (TPSA) is 12.0 Å². The summed E-state index contributed by atoms with van der Waals surface area (Å²) < 4.78 is 0. The van der Waals surface area contributed by atoms with Gasteiger partial charge < -0.3 is 5.32 Å². The van der Waals surface area contributed by atoms with Crippen molar-refractivity contribution >= 4 is 0 Å². The van der Waals surface area contributed by atoms with Crippen LogP contribution in [0.4, 0.5) is 0 Å². The predicted molar refractivity (Wildman–Crippen MR) is 92.7 cm³/mol. The lowest BCUT2D eigenvalue weighted by Gasteiger charge is -2.25. The van der Waals surface area contributed by atoms with Gasteiger partial charge in [-0.05, 0) is 50.1 Å². The maximum Gasteiger partial charge on any atom is 0.00703 e. The van der Waals surface area contributed by atoms with Crippen LogP contribution >= 0.6 is 0 Å². The summed E-state index contributed by atoms with van der Waals surface area (Å²) in [6.45, 7) is 3.44. The van der Waals surface area contributed by atoms with Gasteiger partial charge >= 0.3 is 0 Å². The summed E-state index contributed by atoms with van der Waals surface area (Å²) in [5.74, 6) is 1.02. The number of hydrogen-bond donors (Lipinski definition) is 1. The highest BCUT2D eigenvalue weighted by molar-refractivity contribution is 5.14. The normalized spacial score (nSPS) is 17.8. The third-order valence-corrected chi connectivity index (χ3v) is 4.96. The molecule has 1 heteroatoms. The minimum atomic E-state index is 0.715. The number of nitrogens with one attached hydrogen (secondary N) is 1. The van der Waals surface area contributed by atoms with Gasteiger partial charge in [0.15, 0.2) is 0 Å². The Bertz CT molecular complexity index is 353. The van der Waals surface area contributed by atoms with Gasteiger partial charge in [0.05, 0.1) is 0 Å². The standard InChI is InChI=1S/C20H33N/c1-2-17-21-20(15-13-18-9-5-3-6-10-18)16-14-19-11-7-4-8-12-19/h3,5-6,9-10,19-21H,2,4,7-8,11-17H2,1H3. The number of rotatable bonds is 9. The molecule has 1 N–H and O–H groups in total. The Morgan fingerprint density at radius 2 is 1.81 bits per heavy atom. The van der Waals surface area contributed by atoms with Crippen molar-refractivity contribution in [2.45, 2.75) is 77.2 Å². The second-order valence-corrected chi connectivity index (χ2v) is 6.76. The van der Waals surface area contributed by atoms with Gasteiger partial charge in [-0.2, -0.15) is 0 Å². The monoisotopic (exact) mass is 287 g/mol. The lowest BCUT2D eigenvalue weighted by molar-refractivity contribution is 0.309. The molecule has 1 nitrogen and oxygen atoms in total. The summed E-state index contributed by atoms with van der Waals surface area (Å²) in [7, 11) is 0. The van der Waals surface area contributed by atoms with Crippen LogP contribution in [0.15, 0.2) is 30.3 Å². The van der Waals surface area contributed by atoms with Crippen molar-refractivity contribution in [3.8, 4) is 0 Å². The van der Waals surface area contributed by atoms with E-state index in [4.69, 9.17) is 0 Å². The molecule has 0 spiro atoms. The SMILES string of the molecule is CCCNC(CCc1ccccc1)CCC1CCCCC1. The lowest BCUT2D eigenvalue weighted by Crippen LogP contribution is -2.31. The fourth-order valence-corrected chi connectivity index (χ4v) is 3.60. The lowest BCUT2D eigenvalue weighted by atomic mass is 9.84. The highest BCUT2D eigenvalue weighted by atomic mass is 14.9. The molecule has 1 aliphatic rings. The fraction of sp³-hybridized carbons (Fsp3) is 0.700. The quantitative estimate of drug-likeness (QED) is 0.645. The van der Waals surface area contributed by atoms with Gasteiger partial charge in [-0.25, -0.2) is 0 Å². The second-order valence-electron chi connectivity index (χ2n) is 6.76. The van der Waals surface area contributed by atoms with E-state index < -0.39 is 0 Å². The Morgan fingerprint density at radius 1 is 1.05 bits per heavy atom. The van der Waals surface area contributed by atoms with Crippen LogP contribution in [0.3, 0.4) is 0 Å². The zero-order chi connectivity index (χ0) is 14.8. The third kappa shape index (κ3) is 6.65. The molecule has 1 aromatic rings. The molecule has 1 aliphatic carbocycles. The van der Waals surface area contributed by atoms with Crippen molar-refractivity contribution in [3.63, 3.8) is 0 Å². The van der Waals surface area contributed by atoms with E-state index in [-0.39, 0.29) is 0 Å². The molecule has 2 rings (SSSR count). The van der Waals surface area contributed by atoms with E-state index in [0.29, 0.717) is 6.04 Å². The van der Waals surface area contributed by atoms with E-state index in [1.54, 1.807) is 0 Å². The second kappa shape index (κ2) is 10.00. The first-order valence-electron chi connectivity index (χ1n) is 9.15. The van der Waals surface area contributed by atoms with Gasteiger partial charge in [0, 0.05) is 6.04 Å². The molecule has 0 aromatic heterocycles. The molecular weight excluding hydrogens is 254 g/mol. The maximum absolute atomic E-state index is 3.78. The molecule has 1 saturated carbocycles. The van der Waals surface area contributed by atoms with Crippen LogP contribution in [-0.4, -0.2) is 12.6 Å². The number of benzene rings is 1. The van der Waals surface area contributed by atoms with Crippen molar-refractivity contribution in [3.05, 3.63) is 35.9 Å². The van der Waals surface area contributed by atoms with Crippen LogP contribution in [0.2, 0.25) is 0 Å². The van der Waals surface area contributed by atoms with Crippen molar-refractivity contribution in [2.24, 2.45) is 5.92 Å². The summed E-state index contributed by atoms with van der Waals surface area (Å²) in [5, 5.41) is 3.78. The smallest absolute Gasteiger partial charge is 0.00703 e. The fourth-order valence-electron chi connectivity index (χ4n) is 3.60. The van der Waals surface area contributed by atoms with E-state index in [0.717, 1.165) is 5.92 Å². The summed E-state index contributed by atoms with van der Waals surface area (Å²) in [4.78, 5) is 0. The zero-order valence-electron chi connectivity index (χ0n) is 13.8. The summed E-state index contributed by atoms with van der Waals surface area (Å²) in [5.41, 5.74) is 1.48. The van der Waals surface area contributed by atoms with Crippen LogP contribution < -0.4 is 5.32 Å². The van der Waals surface area contributed by atoms with Gasteiger partial charge in [-0.3, -0.25) is 0 Å². The molecule has 1 fully saturated rings. The first kappa shape index (κ1) is 16.5. The minimum absolute atomic E-state index is 0.715. The number of hydrogen-bond acceptors (Lipinski definition) is 1. The minimum Gasteiger partial charge on any atom is -0.314 e. The van der Waals surface area contributed by atoms with Gasteiger partial charge in [0.2, 0.25) is 0 Å². The van der Waals surface area contributed by atoms with Crippen LogP contribution in [0, 0.1) is 5.92 Å². The van der Waals surface area contributed by atoms with Crippen molar-refractivity contribution in [1.29, 1.82) is 0 Å². The molecule has 21 heavy (non-hydrogen) atoms. The largest absolute Gasteiger partial charge is 0.314 e. The summed E-state index contributed by atoms with van der Waals surface area (Å²) >= 11 is 0. The molecule has 1 unspecified atom stereocenters. The molecule has 0 aliphatic heterocycles. The maximum atomic E-state index is 3.78. The van der Waals surface area contributed by atoms with Crippen LogP contribution in [0.25, 0.3) is 0 Å². The van der Waals surface area contributed by atoms with Gasteiger partial charge in [0.1, 0.15) is 0 Å². The third-order valence-electron chi connectivity index (χ3n) is 4.96. The number of aryl methyl sites for hydroxylation is 1. The van der Waals surface area contributed by atoms with Gasteiger partial charge in [-0.15, -0.1) is 0 Å². The molecule has 1 atom stereocenters. The molecule has 0 bridgehead atoms. The van der Waals surface area contributed by atoms with Gasteiger partial charge in [0.25, 0.3) is 0 Å². The summed E-state index contributed by atoms with van der Waals surface area (Å²) in [6, 6.07) is 11.7. The van der Waals surface area contributed by atoms with E-state index in [1.165, 1.54) is 76.3 Å². The van der Waals surface area contributed by atoms with E-state index in [2.05, 4.69) is 42.6 Å². The van der Waals surface area contributed by atoms with Crippen LogP contribution in [0.5, 0.6) is 0 Å². The Labute approximate surface area is 131 Å². The van der Waals surface area contributed by atoms with Crippen LogP contribution in [-0.2, 0) is 6.42 Å². The van der Waals surface area contributed by atoms with E-state index in [1.807, 2.05) is 0 Å².